The summed E-state index contributed by atoms with van der Waals surface area (Å²) >= 11 is 0. The number of hydrazone groups is 1. The van der Waals surface area contributed by atoms with Gasteiger partial charge in [0.15, 0.2) is 0 Å². The van der Waals surface area contributed by atoms with Gasteiger partial charge in [0.1, 0.15) is 11.5 Å². The van der Waals surface area contributed by atoms with Crippen molar-refractivity contribution < 1.29 is 14.3 Å². The summed E-state index contributed by atoms with van der Waals surface area (Å²) in [6, 6.07) is 19.1. The number of carbonyl (C=O) groups excluding carboxylic acids is 1. The van der Waals surface area contributed by atoms with Crippen molar-refractivity contribution in [3.8, 4) is 11.5 Å². The van der Waals surface area contributed by atoms with Crippen molar-refractivity contribution in [2.45, 2.75) is 0 Å². The van der Waals surface area contributed by atoms with Gasteiger partial charge >= 0.3 is 0 Å². The Kier molecular flexibility index (Phi) is 6.31. The van der Waals surface area contributed by atoms with Gasteiger partial charge in [-0.2, -0.15) is 5.10 Å². The fourth-order valence-corrected chi connectivity index (χ4v) is 3.15. The second-order valence-corrected chi connectivity index (χ2v) is 6.94. The number of nitrogens with zero attached hydrogens (tertiary/aromatic N) is 2. The van der Waals surface area contributed by atoms with E-state index in [1.807, 2.05) is 6.07 Å². The largest absolute Gasteiger partial charge is 0.497 e. The molecule has 0 aliphatic carbocycles. The Morgan fingerprint density at radius 3 is 2.58 bits per heavy atom. The summed E-state index contributed by atoms with van der Waals surface area (Å²) in [7, 11) is 3.12. The first kappa shape index (κ1) is 21.6. The van der Waals surface area contributed by atoms with Crippen LogP contribution in [0.25, 0.3) is 10.9 Å². The Morgan fingerprint density at radius 2 is 1.82 bits per heavy atom. The molecular weight excluding hydrogens is 422 g/mol. The Morgan fingerprint density at radius 1 is 1.03 bits per heavy atom. The van der Waals surface area contributed by atoms with Crippen molar-refractivity contribution in [3.05, 3.63) is 88.2 Å². The van der Waals surface area contributed by atoms with Crippen LogP contribution in [-0.4, -0.2) is 36.3 Å². The molecular formula is C24H21N5O4. The van der Waals surface area contributed by atoms with Crippen molar-refractivity contribution in [1.82, 2.24) is 15.4 Å². The lowest BCUT2D eigenvalue weighted by atomic mass is 10.2. The fraction of sp³-hybridized carbons (Fsp3) is 0.0833. The summed E-state index contributed by atoms with van der Waals surface area (Å²) in [5.74, 6) is 1.18. The molecule has 0 unspecified atom stereocenters. The molecule has 0 bridgehead atoms. The number of fused-ring (bicyclic) bond motifs is 1. The van der Waals surface area contributed by atoms with E-state index in [0.717, 1.165) is 0 Å². The number of methoxy groups -OCH3 is 2. The number of aromatic nitrogens is 2. The molecule has 3 aromatic carbocycles. The molecule has 33 heavy (non-hydrogen) atoms. The number of rotatable bonds is 7. The molecule has 0 radical (unpaired) electrons. The molecule has 0 saturated heterocycles. The lowest BCUT2D eigenvalue weighted by molar-refractivity contribution is 0.0955. The Hall–Kier alpha value is -4.66. The number of anilines is 2. The predicted molar refractivity (Wildman–Crippen MR) is 127 cm³/mol. The van der Waals surface area contributed by atoms with Crippen LogP contribution in [-0.2, 0) is 0 Å². The molecule has 0 spiro atoms. The topological polar surface area (TPSA) is 118 Å². The summed E-state index contributed by atoms with van der Waals surface area (Å²) in [6.45, 7) is 0. The van der Waals surface area contributed by atoms with Gasteiger partial charge in [0.25, 0.3) is 11.5 Å². The number of carbonyl (C=O) groups is 1. The van der Waals surface area contributed by atoms with Crippen LogP contribution in [0.1, 0.15) is 15.9 Å². The molecule has 0 fully saturated rings. The number of benzene rings is 3. The average Bonchev–Trinajstić information content (AvgIpc) is 2.84. The number of hydrogen-bond acceptors (Lipinski definition) is 7. The summed E-state index contributed by atoms with van der Waals surface area (Å²) < 4.78 is 10.5. The highest BCUT2D eigenvalue weighted by molar-refractivity contribution is 5.95. The van der Waals surface area contributed by atoms with Crippen molar-refractivity contribution in [2.75, 3.05) is 19.5 Å². The molecule has 3 N–H and O–H groups in total. The van der Waals surface area contributed by atoms with Crippen LogP contribution in [0.3, 0.4) is 0 Å². The van der Waals surface area contributed by atoms with Crippen LogP contribution in [0.4, 0.5) is 11.6 Å². The second kappa shape index (κ2) is 9.65. The number of amides is 1. The molecule has 0 atom stereocenters. The maximum Gasteiger partial charge on any atom is 0.271 e. The van der Waals surface area contributed by atoms with E-state index in [4.69, 9.17) is 9.47 Å². The first-order valence-corrected chi connectivity index (χ1v) is 9.99. The average molecular weight is 443 g/mol. The van der Waals surface area contributed by atoms with Crippen molar-refractivity contribution in [3.63, 3.8) is 0 Å². The van der Waals surface area contributed by atoms with E-state index < -0.39 is 0 Å². The molecule has 4 aromatic rings. The lowest BCUT2D eigenvalue weighted by Crippen LogP contribution is -2.17. The number of H-pyrrole nitrogens is 1. The van der Waals surface area contributed by atoms with E-state index in [1.54, 1.807) is 74.9 Å². The smallest absolute Gasteiger partial charge is 0.271 e. The van der Waals surface area contributed by atoms with Gasteiger partial charge in [0, 0.05) is 16.8 Å². The summed E-state index contributed by atoms with van der Waals surface area (Å²) in [4.78, 5) is 31.7. The van der Waals surface area contributed by atoms with Crippen LogP contribution in [0.2, 0.25) is 0 Å². The van der Waals surface area contributed by atoms with E-state index >= 15 is 0 Å². The monoisotopic (exact) mass is 443 g/mol. The molecule has 1 aromatic heterocycles. The molecule has 1 heterocycles. The van der Waals surface area contributed by atoms with Crippen LogP contribution in [0, 0.1) is 0 Å². The van der Waals surface area contributed by atoms with Crippen molar-refractivity contribution >= 4 is 34.7 Å². The normalized spacial score (nSPS) is 10.8. The third-order valence-corrected chi connectivity index (χ3v) is 4.83. The SMILES string of the molecule is COc1ccc(OC)c(/C=N\NC(=O)c2ccc(Nc3nc4ccccc4c(=O)[nH]3)cc2)c1. The van der Waals surface area contributed by atoms with E-state index in [9.17, 15) is 9.59 Å². The van der Waals surface area contributed by atoms with E-state index in [-0.39, 0.29) is 11.5 Å². The lowest BCUT2D eigenvalue weighted by Gasteiger charge is -2.08. The van der Waals surface area contributed by atoms with Gasteiger partial charge in [-0.1, -0.05) is 12.1 Å². The van der Waals surface area contributed by atoms with Crippen LogP contribution < -0.4 is 25.8 Å². The zero-order valence-electron chi connectivity index (χ0n) is 18.0. The minimum Gasteiger partial charge on any atom is -0.497 e. The third kappa shape index (κ3) is 4.99. The number of ether oxygens (including phenoxy) is 2. The van der Waals surface area contributed by atoms with Gasteiger partial charge in [0.2, 0.25) is 5.95 Å². The highest BCUT2D eigenvalue weighted by Gasteiger charge is 2.07. The minimum absolute atomic E-state index is 0.232. The van der Waals surface area contributed by atoms with Crippen molar-refractivity contribution in [1.29, 1.82) is 0 Å². The molecule has 1 amide bonds. The highest BCUT2D eigenvalue weighted by atomic mass is 16.5. The first-order valence-electron chi connectivity index (χ1n) is 9.99. The molecule has 0 saturated carbocycles. The van der Waals surface area contributed by atoms with Gasteiger partial charge in [-0.25, -0.2) is 10.4 Å². The van der Waals surface area contributed by atoms with Gasteiger partial charge in [-0.05, 0) is 54.6 Å². The third-order valence-electron chi connectivity index (χ3n) is 4.83. The predicted octanol–water partition coefficient (Wildman–Crippen LogP) is 3.45. The standard InChI is InChI=1S/C24H21N5O4/c1-32-18-11-12-21(33-2)16(13-18)14-25-29-22(30)15-7-9-17(10-8-15)26-24-27-20-6-4-3-5-19(20)23(31)28-24/h3-14H,1-2H3,(H,29,30)(H2,26,27,28,31)/b25-14-. The zero-order valence-corrected chi connectivity index (χ0v) is 18.0. The molecule has 0 aliphatic rings. The number of hydrogen-bond donors (Lipinski definition) is 3. The molecule has 4 rings (SSSR count). The number of nitrogens with one attached hydrogen (secondary N) is 3. The maximum atomic E-state index is 12.4. The second-order valence-electron chi connectivity index (χ2n) is 6.94. The van der Waals surface area contributed by atoms with E-state index in [0.29, 0.717) is 45.2 Å². The minimum atomic E-state index is -0.378. The van der Waals surface area contributed by atoms with Crippen LogP contribution >= 0.6 is 0 Å². The molecule has 166 valence electrons. The number of para-hydroxylation sites is 1. The summed E-state index contributed by atoms with van der Waals surface area (Å²) in [5, 5.41) is 7.56. The maximum absolute atomic E-state index is 12.4. The van der Waals surface area contributed by atoms with Crippen molar-refractivity contribution in [2.24, 2.45) is 5.10 Å². The zero-order chi connectivity index (χ0) is 23.2. The van der Waals surface area contributed by atoms with E-state index in [1.165, 1.54) is 6.21 Å². The summed E-state index contributed by atoms with van der Waals surface area (Å²) in [6.07, 6.45) is 1.48. The molecule has 0 aliphatic heterocycles. The Balaban J connectivity index is 1.43. The van der Waals surface area contributed by atoms with Crippen LogP contribution in [0.15, 0.2) is 76.6 Å². The summed E-state index contributed by atoms with van der Waals surface area (Å²) in [5.41, 5.74) is 4.58. The molecule has 9 nitrogen and oxygen atoms in total. The first-order chi connectivity index (χ1) is 16.1. The molecule has 9 heteroatoms. The fourth-order valence-electron chi connectivity index (χ4n) is 3.15. The van der Waals surface area contributed by atoms with Gasteiger partial charge in [-0.3, -0.25) is 14.6 Å². The van der Waals surface area contributed by atoms with Gasteiger partial charge in [-0.15, -0.1) is 0 Å². The highest BCUT2D eigenvalue weighted by Crippen LogP contribution is 2.22. The quantitative estimate of drug-likeness (QED) is 0.297. The Labute approximate surface area is 189 Å². The Bertz CT molecular complexity index is 1380. The van der Waals surface area contributed by atoms with Crippen LogP contribution in [0.5, 0.6) is 11.5 Å². The van der Waals surface area contributed by atoms with Gasteiger partial charge in [0.05, 0.1) is 31.3 Å². The number of aromatic amines is 1. The van der Waals surface area contributed by atoms with Gasteiger partial charge < -0.3 is 14.8 Å². The van der Waals surface area contributed by atoms with E-state index in [2.05, 4.69) is 25.8 Å².